The van der Waals surface area contributed by atoms with E-state index in [1.165, 1.54) is 16.9 Å². The van der Waals surface area contributed by atoms with Crippen LogP contribution in [-0.4, -0.2) is 24.3 Å². The average Bonchev–Trinajstić information content (AvgIpc) is 3.30. The van der Waals surface area contributed by atoms with Gasteiger partial charge < -0.3 is 14.2 Å². The van der Waals surface area contributed by atoms with Crippen LogP contribution < -0.4 is 24.4 Å². The van der Waals surface area contributed by atoms with E-state index in [1.54, 1.807) is 31.6 Å². The lowest BCUT2D eigenvalue weighted by atomic mass is 9.93. The van der Waals surface area contributed by atoms with Gasteiger partial charge in [0.15, 0.2) is 16.3 Å². The molecule has 0 aliphatic carbocycles. The fourth-order valence-electron chi connectivity index (χ4n) is 4.98. The summed E-state index contributed by atoms with van der Waals surface area (Å²) in [5, 5.41) is 0. The van der Waals surface area contributed by atoms with Crippen molar-refractivity contribution in [2.24, 2.45) is 4.99 Å². The lowest BCUT2D eigenvalue weighted by Crippen LogP contribution is -2.39. The molecule has 0 N–H and O–H groups in total. The van der Waals surface area contributed by atoms with E-state index in [1.807, 2.05) is 66.7 Å². The van der Waals surface area contributed by atoms with E-state index in [0.717, 1.165) is 21.2 Å². The summed E-state index contributed by atoms with van der Waals surface area (Å²) in [5.41, 5.74) is 4.42. The van der Waals surface area contributed by atoms with Crippen LogP contribution >= 0.6 is 27.3 Å². The lowest BCUT2D eigenvalue weighted by molar-refractivity contribution is -0.139. The molecule has 1 atom stereocenters. The molecule has 1 aromatic heterocycles. The molecule has 9 heteroatoms. The molecule has 0 amide bonds. The Morgan fingerprint density at radius 3 is 2.47 bits per heavy atom. The number of thiazole rings is 1. The van der Waals surface area contributed by atoms with Crippen molar-refractivity contribution in [2.45, 2.75) is 46.3 Å². The van der Waals surface area contributed by atoms with Crippen LogP contribution in [0.15, 0.2) is 92.3 Å². The molecule has 222 valence electrons. The highest BCUT2D eigenvalue weighted by Gasteiger charge is 2.33. The third-order valence-electron chi connectivity index (χ3n) is 7.24. The summed E-state index contributed by atoms with van der Waals surface area (Å²) in [4.78, 5) is 32.4. The first kappa shape index (κ1) is 30.5. The molecule has 0 saturated carbocycles. The highest BCUT2D eigenvalue weighted by Crippen LogP contribution is 2.35. The Hall–Kier alpha value is -3.95. The van der Waals surface area contributed by atoms with Gasteiger partial charge in [-0.25, -0.2) is 9.79 Å². The molecule has 7 nitrogen and oxygen atoms in total. The van der Waals surface area contributed by atoms with Crippen molar-refractivity contribution in [3.05, 3.63) is 124 Å². The second kappa shape index (κ2) is 13.1. The third kappa shape index (κ3) is 6.38. The average molecular weight is 662 g/mol. The van der Waals surface area contributed by atoms with Gasteiger partial charge in [0.2, 0.25) is 0 Å². The molecule has 0 spiro atoms. The third-order valence-corrected chi connectivity index (χ3v) is 8.91. The first-order chi connectivity index (χ1) is 20.7. The fourth-order valence-corrected chi connectivity index (χ4v) is 6.45. The molecule has 2 heterocycles. The SMILES string of the molecule is CCOC(=O)C1=C(C)N=c2sc(=Cc3cc(OC)c(OCc4ccccc4)cc3Br)c(=O)n2[C@H]1c1ccc(C(C)C)cc1. The normalized spacial score (nSPS) is 14.9. The summed E-state index contributed by atoms with van der Waals surface area (Å²) in [6.07, 6.45) is 1.81. The summed E-state index contributed by atoms with van der Waals surface area (Å²) < 4.78 is 19.9. The lowest BCUT2D eigenvalue weighted by Gasteiger charge is -2.25. The van der Waals surface area contributed by atoms with Crippen LogP contribution in [0.25, 0.3) is 6.08 Å². The number of nitrogens with zero attached hydrogens (tertiary/aromatic N) is 2. The smallest absolute Gasteiger partial charge is 0.338 e. The fraction of sp³-hybridized carbons (Fsp3) is 0.265. The molecule has 43 heavy (non-hydrogen) atoms. The van der Waals surface area contributed by atoms with Gasteiger partial charge in [-0.15, -0.1) is 0 Å². The standard InChI is InChI=1S/C34H33BrN2O5S/c1-6-41-33(39)30-21(4)36-34-37(31(30)24-14-12-23(13-15-24)20(2)3)32(38)29(43-34)17-25-16-27(40-5)28(18-26(25)35)42-19-22-10-8-7-9-11-22/h7-18,20,31H,6,19H2,1-5H3/t31-/m0/s1. The minimum absolute atomic E-state index is 0.222. The molecule has 1 aliphatic heterocycles. The summed E-state index contributed by atoms with van der Waals surface area (Å²) in [6.45, 7) is 8.42. The minimum Gasteiger partial charge on any atom is -0.493 e. The molecule has 4 aromatic rings. The number of ether oxygens (including phenoxy) is 3. The van der Waals surface area contributed by atoms with Crippen LogP contribution in [-0.2, 0) is 16.1 Å². The van der Waals surface area contributed by atoms with Gasteiger partial charge in [-0.05, 0) is 60.2 Å². The zero-order valence-electron chi connectivity index (χ0n) is 24.7. The molecule has 1 aliphatic rings. The minimum atomic E-state index is -0.662. The van der Waals surface area contributed by atoms with Crippen LogP contribution in [0.3, 0.4) is 0 Å². The number of benzene rings is 3. The van der Waals surface area contributed by atoms with E-state index in [2.05, 4.69) is 34.8 Å². The highest BCUT2D eigenvalue weighted by atomic mass is 79.9. The maximum atomic E-state index is 14.0. The number of methoxy groups -OCH3 is 1. The number of carbonyl (C=O) groups excluding carboxylic acids is 1. The highest BCUT2D eigenvalue weighted by molar-refractivity contribution is 9.10. The number of hydrogen-bond acceptors (Lipinski definition) is 7. The summed E-state index contributed by atoms with van der Waals surface area (Å²) in [5.74, 6) is 0.996. The predicted molar refractivity (Wildman–Crippen MR) is 172 cm³/mol. The maximum Gasteiger partial charge on any atom is 0.338 e. The molecular weight excluding hydrogens is 628 g/mol. The van der Waals surface area contributed by atoms with E-state index in [-0.39, 0.29) is 12.2 Å². The van der Waals surface area contributed by atoms with Crippen molar-refractivity contribution in [3.8, 4) is 11.5 Å². The molecule has 3 aromatic carbocycles. The Morgan fingerprint density at radius 1 is 1.09 bits per heavy atom. The zero-order valence-corrected chi connectivity index (χ0v) is 27.1. The van der Waals surface area contributed by atoms with Gasteiger partial charge in [0.25, 0.3) is 5.56 Å². The van der Waals surface area contributed by atoms with Gasteiger partial charge in [-0.2, -0.15) is 0 Å². The number of aromatic nitrogens is 1. The van der Waals surface area contributed by atoms with Crippen molar-refractivity contribution in [2.75, 3.05) is 13.7 Å². The predicted octanol–water partition coefficient (Wildman–Crippen LogP) is 6.27. The van der Waals surface area contributed by atoms with Crippen LogP contribution in [0.5, 0.6) is 11.5 Å². The molecule has 0 fully saturated rings. The maximum absolute atomic E-state index is 14.0. The van der Waals surface area contributed by atoms with Crippen LogP contribution in [0, 0.1) is 0 Å². The number of esters is 1. The van der Waals surface area contributed by atoms with Gasteiger partial charge in [0.05, 0.1) is 35.6 Å². The first-order valence-corrected chi connectivity index (χ1v) is 15.7. The van der Waals surface area contributed by atoms with Crippen LogP contribution in [0.4, 0.5) is 0 Å². The van der Waals surface area contributed by atoms with Gasteiger partial charge >= 0.3 is 5.97 Å². The van der Waals surface area contributed by atoms with Crippen molar-refractivity contribution in [1.82, 2.24) is 4.57 Å². The van der Waals surface area contributed by atoms with Crippen LogP contribution in [0.2, 0.25) is 0 Å². The van der Waals surface area contributed by atoms with Crippen molar-refractivity contribution in [1.29, 1.82) is 0 Å². The Morgan fingerprint density at radius 2 is 1.81 bits per heavy atom. The topological polar surface area (TPSA) is 79.1 Å². The molecule has 5 rings (SSSR count). The van der Waals surface area contributed by atoms with E-state index in [0.29, 0.717) is 44.6 Å². The van der Waals surface area contributed by atoms with E-state index < -0.39 is 12.0 Å². The number of hydrogen-bond donors (Lipinski definition) is 0. The Labute approximate surface area is 262 Å². The van der Waals surface area contributed by atoms with Crippen LogP contribution in [0.1, 0.15) is 61.9 Å². The molecule has 0 unspecified atom stereocenters. The second-order valence-electron chi connectivity index (χ2n) is 10.4. The molecular formula is C34H33BrN2O5S. The first-order valence-electron chi connectivity index (χ1n) is 14.1. The monoisotopic (exact) mass is 660 g/mol. The molecule has 0 saturated heterocycles. The number of halogens is 1. The van der Waals surface area contributed by atoms with Crippen molar-refractivity contribution in [3.63, 3.8) is 0 Å². The van der Waals surface area contributed by atoms with E-state index in [4.69, 9.17) is 14.2 Å². The van der Waals surface area contributed by atoms with Gasteiger partial charge in [0.1, 0.15) is 6.61 Å². The van der Waals surface area contributed by atoms with E-state index >= 15 is 0 Å². The Bertz CT molecular complexity index is 1860. The van der Waals surface area contributed by atoms with Gasteiger partial charge in [-0.1, -0.05) is 95.7 Å². The zero-order chi connectivity index (χ0) is 30.7. The van der Waals surface area contributed by atoms with Gasteiger partial charge in [0, 0.05) is 4.47 Å². The number of rotatable bonds is 9. The number of allylic oxidation sites excluding steroid dienone is 1. The van der Waals surface area contributed by atoms with E-state index in [9.17, 15) is 9.59 Å². The number of fused-ring (bicyclic) bond motifs is 1. The second-order valence-corrected chi connectivity index (χ2v) is 12.3. The van der Waals surface area contributed by atoms with Gasteiger partial charge in [-0.3, -0.25) is 9.36 Å². The quantitative estimate of drug-likeness (QED) is 0.198. The Kier molecular flexibility index (Phi) is 9.32. The van der Waals surface area contributed by atoms with Crippen molar-refractivity contribution < 1.29 is 19.0 Å². The van der Waals surface area contributed by atoms with Crippen molar-refractivity contribution >= 4 is 39.3 Å². The Balaban J connectivity index is 1.59. The summed E-state index contributed by atoms with van der Waals surface area (Å²) in [6, 6.07) is 20.9. The summed E-state index contributed by atoms with van der Waals surface area (Å²) in [7, 11) is 1.58. The number of carbonyl (C=O) groups is 1. The molecule has 0 radical (unpaired) electrons. The largest absolute Gasteiger partial charge is 0.493 e. The summed E-state index contributed by atoms with van der Waals surface area (Å²) >= 11 is 4.93. The molecule has 0 bridgehead atoms.